The number of nitrogens with one attached hydrogen (secondary N) is 1. The highest BCUT2D eigenvalue weighted by Gasteiger charge is 2.48. The summed E-state index contributed by atoms with van der Waals surface area (Å²) in [6.07, 6.45) is -0.664. The zero-order chi connectivity index (χ0) is 23.3. The molecule has 1 aliphatic rings. The summed E-state index contributed by atoms with van der Waals surface area (Å²) in [5, 5.41) is 2.90. The minimum absolute atomic E-state index is 0.0912. The molecule has 1 unspecified atom stereocenters. The summed E-state index contributed by atoms with van der Waals surface area (Å²) < 4.78 is 46.7. The zero-order valence-electron chi connectivity index (χ0n) is 18.1. The summed E-state index contributed by atoms with van der Waals surface area (Å²) >= 11 is 1.19. The number of carbonyl (C=O) groups excluding carboxylic acids is 2. The maximum absolute atomic E-state index is 13.7. The Labute approximate surface area is 189 Å². The van der Waals surface area contributed by atoms with Crippen LogP contribution in [0.2, 0.25) is 0 Å². The molecule has 1 N–H and O–H groups in total. The van der Waals surface area contributed by atoms with Gasteiger partial charge in [0.05, 0.1) is 12.3 Å². The molecule has 1 aromatic heterocycles. The van der Waals surface area contributed by atoms with E-state index in [1.807, 2.05) is 0 Å². The van der Waals surface area contributed by atoms with Crippen molar-refractivity contribution in [2.24, 2.45) is 0 Å². The van der Waals surface area contributed by atoms with Crippen molar-refractivity contribution in [3.63, 3.8) is 0 Å². The fraction of sp³-hybridized carbons (Fsp3) is 0.478. The summed E-state index contributed by atoms with van der Waals surface area (Å²) in [5.74, 6) is -2.63. The van der Waals surface area contributed by atoms with Crippen LogP contribution in [0.3, 0.4) is 0 Å². The summed E-state index contributed by atoms with van der Waals surface area (Å²) in [5.41, 5.74) is -0.0912. The number of aryl methyl sites for hydroxylation is 1. The molecular weight excluding hydrogens is 441 g/mol. The van der Waals surface area contributed by atoms with Gasteiger partial charge in [-0.1, -0.05) is 31.4 Å². The SMILES string of the molecule is CCOc1ccccc1N(C(=O)C(F)(F)F)C(C(=O)NC1CCCCC1)c1ccc(C)s1. The van der Waals surface area contributed by atoms with Gasteiger partial charge in [-0.05, 0) is 51.0 Å². The van der Waals surface area contributed by atoms with Crippen LogP contribution in [-0.4, -0.2) is 30.6 Å². The molecule has 0 aliphatic heterocycles. The van der Waals surface area contributed by atoms with Gasteiger partial charge >= 0.3 is 12.1 Å². The molecule has 1 aromatic carbocycles. The van der Waals surface area contributed by atoms with E-state index in [0.29, 0.717) is 9.78 Å². The van der Waals surface area contributed by atoms with E-state index < -0.39 is 24.0 Å². The molecule has 0 saturated heterocycles. The van der Waals surface area contributed by atoms with Crippen LogP contribution in [0.1, 0.15) is 54.8 Å². The van der Waals surface area contributed by atoms with Gasteiger partial charge in [0.1, 0.15) is 5.75 Å². The first-order chi connectivity index (χ1) is 15.2. The molecular formula is C23H27F3N2O3S. The maximum Gasteiger partial charge on any atom is 0.471 e. The topological polar surface area (TPSA) is 58.6 Å². The van der Waals surface area contributed by atoms with E-state index in [0.717, 1.165) is 37.0 Å². The van der Waals surface area contributed by atoms with Crippen LogP contribution in [0, 0.1) is 6.92 Å². The van der Waals surface area contributed by atoms with Crippen molar-refractivity contribution in [1.82, 2.24) is 5.32 Å². The number of thiophene rings is 1. The molecule has 5 nitrogen and oxygen atoms in total. The third-order valence-electron chi connectivity index (χ3n) is 5.37. The van der Waals surface area contributed by atoms with Gasteiger partial charge in [0.15, 0.2) is 6.04 Å². The zero-order valence-corrected chi connectivity index (χ0v) is 18.9. The minimum Gasteiger partial charge on any atom is -0.492 e. The van der Waals surface area contributed by atoms with Gasteiger partial charge in [0, 0.05) is 15.8 Å². The highest BCUT2D eigenvalue weighted by molar-refractivity contribution is 7.12. The number of amides is 2. The van der Waals surface area contributed by atoms with Crippen LogP contribution in [0.15, 0.2) is 36.4 Å². The highest BCUT2D eigenvalue weighted by Crippen LogP contribution is 2.39. The average Bonchev–Trinajstić information content (AvgIpc) is 3.18. The van der Waals surface area contributed by atoms with Crippen LogP contribution in [0.25, 0.3) is 0 Å². The Kier molecular flexibility index (Phi) is 7.82. The molecule has 1 fully saturated rings. The number of benzene rings is 1. The molecule has 0 bridgehead atoms. The molecule has 1 heterocycles. The van der Waals surface area contributed by atoms with Crippen LogP contribution >= 0.6 is 11.3 Å². The summed E-state index contributed by atoms with van der Waals surface area (Å²) in [6, 6.07) is 7.73. The van der Waals surface area contributed by atoms with Crippen molar-refractivity contribution in [2.75, 3.05) is 11.5 Å². The van der Waals surface area contributed by atoms with E-state index in [9.17, 15) is 22.8 Å². The number of rotatable bonds is 7. The first-order valence-corrected chi connectivity index (χ1v) is 11.5. The van der Waals surface area contributed by atoms with Gasteiger partial charge in [-0.15, -0.1) is 11.3 Å². The number of anilines is 1. The first kappa shape index (κ1) is 24.1. The quantitative estimate of drug-likeness (QED) is 0.580. The lowest BCUT2D eigenvalue weighted by Crippen LogP contribution is -2.50. The molecule has 3 rings (SSSR count). The first-order valence-electron chi connectivity index (χ1n) is 10.7. The molecule has 0 radical (unpaired) electrons. The Morgan fingerprint density at radius 3 is 2.44 bits per heavy atom. The molecule has 2 aromatic rings. The fourth-order valence-corrected chi connectivity index (χ4v) is 4.91. The Bertz CT molecular complexity index is 939. The number of hydrogen-bond acceptors (Lipinski definition) is 4. The maximum atomic E-state index is 13.7. The highest BCUT2D eigenvalue weighted by atomic mass is 32.1. The van der Waals surface area contributed by atoms with E-state index in [2.05, 4.69) is 5.32 Å². The summed E-state index contributed by atoms with van der Waals surface area (Å²) in [4.78, 5) is 27.9. The van der Waals surface area contributed by atoms with Crippen molar-refractivity contribution in [1.29, 1.82) is 0 Å². The van der Waals surface area contributed by atoms with Crippen molar-refractivity contribution in [2.45, 2.75) is 64.2 Å². The van der Waals surface area contributed by atoms with Gasteiger partial charge in [-0.2, -0.15) is 13.2 Å². The smallest absolute Gasteiger partial charge is 0.471 e. The third-order valence-corrected chi connectivity index (χ3v) is 6.43. The standard InChI is InChI=1S/C23H27F3N2O3S/c1-3-31-18-12-8-7-11-17(18)28(22(30)23(24,25)26)20(19-14-13-15(2)32-19)21(29)27-16-9-5-4-6-10-16/h7-8,11-14,16,20H,3-6,9-10H2,1-2H3,(H,27,29). The Balaban J connectivity index is 2.10. The second kappa shape index (κ2) is 10.4. The number of halogens is 3. The third kappa shape index (κ3) is 5.62. The lowest BCUT2D eigenvalue weighted by atomic mass is 9.95. The Morgan fingerprint density at radius 2 is 1.84 bits per heavy atom. The van der Waals surface area contributed by atoms with Crippen LogP contribution in [0.5, 0.6) is 5.75 Å². The fourth-order valence-electron chi connectivity index (χ4n) is 3.94. The van der Waals surface area contributed by atoms with E-state index in [1.165, 1.54) is 29.5 Å². The molecule has 1 aliphatic carbocycles. The van der Waals surface area contributed by atoms with E-state index in [4.69, 9.17) is 4.74 Å². The van der Waals surface area contributed by atoms with Crippen molar-refractivity contribution >= 4 is 28.8 Å². The molecule has 9 heteroatoms. The van der Waals surface area contributed by atoms with Gasteiger partial charge < -0.3 is 10.1 Å². The molecule has 1 saturated carbocycles. The van der Waals surface area contributed by atoms with E-state index in [-0.39, 0.29) is 24.1 Å². The van der Waals surface area contributed by atoms with Crippen molar-refractivity contribution < 1.29 is 27.5 Å². The lowest BCUT2D eigenvalue weighted by Gasteiger charge is -2.33. The number of carbonyl (C=O) groups is 2. The largest absolute Gasteiger partial charge is 0.492 e. The second-order valence-electron chi connectivity index (χ2n) is 7.77. The molecule has 0 spiro atoms. The van der Waals surface area contributed by atoms with E-state index >= 15 is 0 Å². The van der Waals surface area contributed by atoms with Crippen LogP contribution < -0.4 is 15.0 Å². The Hall–Kier alpha value is -2.55. The Morgan fingerprint density at radius 1 is 1.16 bits per heavy atom. The molecule has 1 atom stereocenters. The molecule has 32 heavy (non-hydrogen) atoms. The monoisotopic (exact) mass is 468 g/mol. The normalized spacial score (nSPS) is 15.8. The average molecular weight is 469 g/mol. The number of hydrogen-bond donors (Lipinski definition) is 1. The van der Waals surface area contributed by atoms with Gasteiger partial charge in [0.25, 0.3) is 0 Å². The molecule has 174 valence electrons. The number of nitrogens with zero attached hydrogens (tertiary/aromatic N) is 1. The van der Waals surface area contributed by atoms with Gasteiger partial charge in [-0.3, -0.25) is 14.5 Å². The van der Waals surface area contributed by atoms with Gasteiger partial charge in [-0.25, -0.2) is 0 Å². The van der Waals surface area contributed by atoms with Gasteiger partial charge in [0.2, 0.25) is 5.91 Å². The predicted molar refractivity (Wildman–Crippen MR) is 118 cm³/mol. The van der Waals surface area contributed by atoms with Crippen LogP contribution in [-0.2, 0) is 9.59 Å². The number of alkyl halides is 3. The van der Waals surface area contributed by atoms with Crippen LogP contribution in [0.4, 0.5) is 18.9 Å². The second-order valence-corrected chi connectivity index (χ2v) is 9.09. The van der Waals surface area contributed by atoms with Crippen molar-refractivity contribution in [3.05, 3.63) is 46.2 Å². The number of ether oxygens (including phenoxy) is 1. The van der Waals surface area contributed by atoms with E-state index in [1.54, 1.807) is 32.0 Å². The number of para-hydroxylation sites is 2. The van der Waals surface area contributed by atoms with Crippen molar-refractivity contribution in [3.8, 4) is 5.75 Å². The predicted octanol–water partition coefficient (Wildman–Crippen LogP) is 5.54. The summed E-state index contributed by atoms with van der Waals surface area (Å²) in [7, 11) is 0. The molecule has 2 amide bonds. The minimum atomic E-state index is -5.17. The lowest BCUT2D eigenvalue weighted by molar-refractivity contribution is -0.171. The summed E-state index contributed by atoms with van der Waals surface area (Å²) in [6.45, 7) is 3.69.